The van der Waals surface area contributed by atoms with Gasteiger partial charge in [0.25, 0.3) is 0 Å². The average Bonchev–Trinajstić information content (AvgIpc) is 2.18. The first-order chi connectivity index (χ1) is 7.00. The maximum atomic E-state index is 10.5. The lowest BCUT2D eigenvalue weighted by molar-refractivity contribution is -0.136. The van der Waals surface area contributed by atoms with Crippen molar-refractivity contribution in [3.05, 3.63) is 28.2 Å². The van der Waals surface area contributed by atoms with Crippen molar-refractivity contribution in [2.45, 2.75) is 10.3 Å². The molecule has 0 spiro atoms. The van der Waals surface area contributed by atoms with Crippen LogP contribution in [0.5, 0.6) is 0 Å². The quantitative estimate of drug-likeness (QED) is 0.676. The summed E-state index contributed by atoms with van der Waals surface area (Å²) in [6.07, 6.45) is 0. The summed E-state index contributed by atoms with van der Waals surface area (Å²) >= 11 is 18.5. The normalized spacial score (nSPS) is 12.5. The number of benzene rings is 1. The van der Waals surface area contributed by atoms with Gasteiger partial charge in [-0.15, -0.1) is 23.4 Å². The molecule has 1 aromatic rings. The summed E-state index contributed by atoms with van der Waals surface area (Å²) in [6, 6.07) is 5.01. The number of carboxylic acids is 1. The number of carboxylic acid groups (broad SMARTS) is 1. The van der Waals surface area contributed by atoms with Crippen molar-refractivity contribution in [2.75, 3.05) is 5.75 Å². The molecule has 1 unspecified atom stereocenters. The van der Waals surface area contributed by atoms with E-state index < -0.39 is 11.3 Å². The summed E-state index contributed by atoms with van der Waals surface area (Å²) in [5, 5.41) is 8.75. The zero-order valence-electron chi connectivity index (χ0n) is 7.41. The molecule has 2 nitrogen and oxygen atoms in total. The molecule has 1 rings (SSSR count). The molecule has 0 saturated heterocycles. The second-order valence-electron chi connectivity index (χ2n) is 2.69. The SMILES string of the molecule is O=C(O)C(Cl)CSc1cc(Cl)ccc1Cl. The Bertz CT molecular complexity index is 370. The number of hydrogen-bond donors (Lipinski definition) is 1. The van der Waals surface area contributed by atoms with Crippen LogP contribution >= 0.6 is 46.6 Å². The summed E-state index contributed by atoms with van der Waals surface area (Å²) in [5.41, 5.74) is 0. The van der Waals surface area contributed by atoms with Crippen LogP contribution in [0.15, 0.2) is 23.1 Å². The summed E-state index contributed by atoms with van der Waals surface area (Å²) in [7, 11) is 0. The number of hydrogen-bond acceptors (Lipinski definition) is 2. The van der Waals surface area contributed by atoms with E-state index in [1.165, 1.54) is 11.8 Å². The van der Waals surface area contributed by atoms with Crippen LogP contribution in [0.1, 0.15) is 0 Å². The van der Waals surface area contributed by atoms with Gasteiger partial charge in [-0.25, -0.2) is 0 Å². The second-order valence-corrected chi connectivity index (χ2v) is 5.12. The van der Waals surface area contributed by atoms with E-state index in [4.69, 9.17) is 39.9 Å². The van der Waals surface area contributed by atoms with Crippen molar-refractivity contribution in [3.63, 3.8) is 0 Å². The molecule has 0 aromatic heterocycles. The number of rotatable bonds is 4. The van der Waals surface area contributed by atoms with Gasteiger partial charge in [-0.1, -0.05) is 23.2 Å². The molecule has 82 valence electrons. The fourth-order valence-corrected chi connectivity index (χ4v) is 2.41. The van der Waals surface area contributed by atoms with Crippen LogP contribution in [0.4, 0.5) is 0 Å². The molecular weight excluding hydrogens is 279 g/mol. The molecule has 0 saturated carbocycles. The smallest absolute Gasteiger partial charge is 0.322 e. The minimum Gasteiger partial charge on any atom is -0.480 e. The van der Waals surface area contributed by atoms with Crippen molar-refractivity contribution in [2.24, 2.45) is 0 Å². The first-order valence-electron chi connectivity index (χ1n) is 3.95. The zero-order valence-corrected chi connectivity index (χ0v) is 10.5. The summed E-state index contributed by atoms with van der Waals surface area (Å²) < 4.78 is 0. The Hall–Kier alpha value is -0.0900. The molecule has 1 atom stereocenters. The van der Waals surface area contributed by atoms with E-state index in [1.54, 1.807) is 18.2 Å². The van der Waals surface area contributed by atoms with Crippen molar-refractivity contribution >= 4 is 52.5 Å². The van der Waals surface area contributed by atoms with E-state index in [0.29, 0.717) is 10.0 Å². The van der Waals surface area contributed by atoms with Gasteiger partial charge in [-0.2, -0.15) is 0 Å². The molecule has 0 amide bonds. The molecule has 6 heteroatoms. The molecule has 0 radical (unpaired) electrons. The number of thioether (sulfide) groups is 1. The van der Waals surface area contributed by atoms with Gasteiger partial charge in [-0.3, -0.25) is 4.79 Å². The predicted molar refractivity (Wildman–Crippen MR) is 64.5 cm³/mol. The largest absolute Gasteiger partial charge is 0.480 e. The molecule has 0 aliphatic carbocycles. The highest BCUT2D eigenvalue weighted by Crippen LogP contribution is 2.30. The lowest BCUT2D eigenvalue weighted by Gasteiger charge is -2.06. The second kappa shape index (κ2) is 5.85. The molecule has 15 heavy (non-hydrogen) atoms. The maximum Gasteiger partial charge on any atom is 0.322 e. The van der Waals surface area contributed by atoms with E-state index in [2.05, 4.69) is 0 Å². The highest BCUT2D eigenvalue weighted by molar-refractivity contribution is 7.99. The molecule has 0 bridgehead atoms. The Kier molecular flexibility index (Phi) is 5.06. The Morgan fingerprint density at radius 3 is 2.73 bits per heavy atom. The van der Waals surface area contributed by atoms with Gasteiger partial charge in [0.15, 0.2) is 0 Å². The van der Waals surface area contributed by atoms with E-state index in [-0.39, 0.29) is 5.75 Å². The van der Waals surface area contributed by atoms with Crippen molar-refractivity contribution < 1.29 is 9.90 Å². The molecular formula is C9H7Cl3O2S. The fourth-order valence-electron chi connectivity index (χ4n) is 0.822. The van der Waals surface area contributed by atoms with Gasteiger partial charge in [-0.05, 0) is 18.2 Å². The van der Waals surface area contributed by atoms with E-state index in [9.17, 15) is 4.79 Å². The Balaban J connectivity index is 2.65. The lowest BCUT2D eigenvalue weighted by Crippen LogP contribution is -2.15. The number of aliphatic carboxylic acids is 1. The molecule has 0 fully saturated rings. The zero-order chi connectivity index (χ0) is 11.4. The van der Waals surface area contributed by atoms with Crippen molar-refractivity contribution in [1.82, 2.24) is 0 Å². The van der Waals surface area contributed by atoms with E-state index in [0.717, 1.165) is 4.90 Å². The third-order valence-corrected chi connectivity index (χ3v) is 3.90. The summed E-state index contributed by atoms with van der Waals surface area (Å²) in [4.78, 5) is 11.2. The molecule has 0 heterocycles. The van der Waals surface area contributed by atoms with Gasteiger partial charge in [0.2, 0.25) is 0 Å². The van der Waals surface area contributed by atoms with Gasteiger partial charge in [0, 0.05) is 15.7 Å². The summed E-state index contributed by atoms with van der Waals surface area (Å²) in [6.45, 7) is 0. The van der Waals surface area contributed by atoms with Crippen LogP contribution in [-0.4, -0.2) is 22.2 Å². The van der Waals surface area contributed by atoms with Gasteiger partial charge < -0.3 is 5.11 Å². The topological polar surface area (TPSA) is 37.3 Å². The fraction of sp³-hybridized carbons (Fsp3) is 0.222. The minimum absolute atomic E-state index is 0.247. The highest BCUT2D eigenvalue weighted by atomic mass is 35.5. The van der Waals surface area contributed by atoms with Crippen LogP contribution < -0.4 is 0 Å². The maximum absolute atomic E-state index is 10.5. The molecule has 0 aliphatic heterocycles. The van der Waals surface area contributed by atoms with Crippen LogP contribution in [-0.2, 0) is 4.79 Å². The van der Waals surface area contributed by atoms with Crippen molar-refractivity contribution in [3.8, 4) is 0 Å². The third-order valence-electron chi connectivity index (χ3n) is 1.55. The molecule has 1 aromatic carbocycles. The molecule has 1 N–H and O–H groups in total. The molecule has 0 aliphatic rings. The van der Waals surface area contributed by atoms with Crippen LogP contribution in [0.2, 0.25) is 10.0 Å². The first kappa shape index (κ1) is 13.0. The number of carbonyl (C=O) groups is 1. The van der Waals surface area contributed by atoms with Gasteiger partial charge >= 0.3 is 5.97 Å². The van der Waals surface area contributed by atoms with E-state index >= 15 is 0 Å². The first-order valence-corrected chi connectivity index (χ1v) is 6.13. The van der Waals surface area contributed by atoms with Gasteiger partial charge in [0.1, 0.15) is 5.38 Å². The Morgan fingerprint density at radius 2 is 2.13 bits per heavy atom. The number of alkyl halides is 1. The van der Waals surface area contributed by atoms with Crippen molar-refractivity contribution in [1.29, 1.82) is 0 Å². The third kappa shape index (κ3) is 4.11. The van der Waals surface area contributed by atoms with Crippen LogP contribution in [0.25, 0.3) is 0 Å². The highest BCUT2D eigenvalue weighted by Gasteiger charge is 2.14. The number of halogens is 3. The summed E-state index contributed by atoms with van der Waals surface area (Å²) in [5.74, 6) is -0.793. The van der Waals surface area contributed by atoms with Crippen LogP contribution in [0, 0.1) is 0 Å². The van der Waals surface area contributed by atoms with Gasteiger partial charge in [0.05, 0.1) is 5.02 Å². The average molecular weight is 286 g/mol. The monoisotopic (exact) mass is 284 g/mol. The van der Waals surface area contributed by atoms with Crippen LogP contribution in [0.3, 0.4) is 0 Å². The lowest BCUT2D eigenvalue weighted by atomic mass is 10.4. The standard InChI is InChI=1S/C9H7Cl3O2S/c10-5-1-2-6(11)8(3-5)15-4-7(12)9(13)14/h1-3,7H,4H2,(H,13,14). The minimum atomic E-state index is -1.04. The predicted octanol–water partition coefficient (Wildman–Crippen LogP) is 3.78. The Morgan fingerprint density at radius 1 is 1.47 bits per heavy atom. The Labute approximate surface area is 107 Å². The van der Waals surface area contributed by atoms with E-state index in [1.807, 2.05) is 0 Å².